The van der Waals surface area contributed by atoms with E-state index in [2.05, 4.69) is 31.2 Å². The van der Waals surface area contributed by atoms with Crippen molar-refractivity contribution in [1.82, 2.24) is 0 Å². The highest BCUT2D eigenvalue weighted by atomic mass is 32.2. The largest absolute Gasteiger partial charge is 0.326 e. The monoisotopic (exact) mass is 251 g/mol. The second kappa shape index (κ2) is 9.55. The zero-order chi connectivity index (χ0) is 12.3. The van der Waals surface area contributed by atoms with Gasteiger partial charge in [-0.3, -0.25) is 0 Å². The highest BCUT2D eigenvalue weighted by Gasteiger charge is 1.95. The first-order chi connectivity index (χ1) is 8.36. The van der Waals surface area contributed by atoms with Crippen molar-refractivity contribution >= 4 is 11.8 Å². The van der Waals surface area contributed by atoms with Crippen LogP contribution in [-0.2, 0) is 6.54 Å². The molecule has 96 valence electrons. The lowest BCUT2D eigenvalue weighted by molar-refractivity contribution is 0.627. The van der Waals surface area contributed by atoms with Crippen LogP contribution in [-0.4, -0.2) is 5.75 Å². The van der Waals surface area contributed by atoms with Gasteiger partial charge < -0.3 is 5.73 Å². The van der Waals surface area contributed by atoms with E-state index in [0.29, 0.717) is 6.54 Å². The minimum absolute atomic E-state index is 0.641. The van der Waals surface area contributed by atoms with Gasteiger partial charge in [-0.15, -0.1) is 11.8 Å². The third-order valence-electron chi connectivity index (χ3n) is 2.93. The Labute approximate surface area is 110 Å². The number of nitrogens with two attached hydrogens (primary N) is 1. The van der Waals surface area contributed by atoms with Crippen LogP contribution in [0.15, 0.2) is 29.2 Å². The first-order valence-electron chi connectivity index (χ1n) is 6.78. The average molecular weight is 251 g/mol. The lowest BCUT2D eigenvalue weighted by atomic mass is 10.1. The SMILES string of the molecule is CCCCCCCCSc1ccc(CN)cc1. The molecule has 1 nitrogen and oxygen atoms in total. The van der Waals surface area contributed by atoms with E-state index in [4.69, 9.17) is 5.73 Å². The predicted molar refractivity (Wildman–Crippen MR) is 78.4 cm³/mol. The molecule has 17 heavy (non-hydrogen) atoms. The Balaban J connectivity index is 2.05. The molecule has 0 unspecified atom stereocenters. The summed E-state index contributed by atoms with van der Waals surface area (Å²) in [6.45, 7) is 2.91. The van der Waals surface area contributed by atoms with Crippen LogP contribution in [0.4, 0.5) is 0 Å². The van der Waals surface area contributed by atoms with E-state index in [1.165, 1.54) is 54.7 Å². The summed E-state index contributed by atoms with van der Waals surface area (Å²) in [6, 6.07) is 8.63. The Bertz CT molecular complexity index is 281. The van der Waals surface area contributed by atoms with Gasteiger partial charge in [-0.2, -0.15) is 0 Å². The Morgan fingerprint density at radius 1 is 0.941 bits per heavy atom. The molecule has 0 aromatic heterocycles. The molecule has 0 amide bonds. The molecule has 2 N–H and O–H groups in total. The van der Waals surface area contributed by atoms with Crippen molar-refractivity contribution in [3.8, 4) is 0 Å². The maximum Gasteiger partial charge on any atom is 0.0178 e. The van der Waals surface area contributed by atoms with Crippen LogP contribution in [0.5, 0.6) is 0 Å². The maximum absolute atomic E-state index is 5.57. The normalized spacial score (nSPS) is 10.7. The molecule has 0 saturated heterocycles. The molecule has 0 aliphatic heterocycles. The molecule has 0 aliphatic carbocycles. The van der Waals surface area contributed by atoms with Gasteiger partial charge >= 0.3 is 0 Å². The van der Waals surface area contributed by atoms with Gasteiger partial charge in [0.05, 0.1) is 0 Å². The van der Waals surface area contributed by atoms with Crippen molar-refractivity contribution < 1.29 is 0 Å². The number of benzene rings is 1. The number of unbranched alkanes of at least 4 members (excludes halogenated alkanes) is 5. The van der Waals surface area contributed by atoms with Gasteiger partial charge in [0.2, 0.25) is 0 Å². The van der Waals surface area contributed by atoms with Crippen LogP contribution in [0, 0.1) is 0 Å². The molecule has 1 rings (SSSR count). The molecule has 1 aromatic carbocycles. The second-order valence-electron chi connectivity index (χ2n) is 4.46. The molecular weight excluding hydrogens is 226 g/mol. The fraction of sp³-hybridized carbons (Fsp3) is 0.600. The Morgan fingerprint density at radius 2 is 1.59 bits per heavy atom. The number of hydrogen-bond donors (Lipinski definition) is 1. The molecule has 0 aliphatic rings. The average Bonchev–Trinajstić information content (AvgIpc) is 2.38. The summed E-state index contributed by atoms with van der Waals surface area (Å²) in [4.78, 5) is 1.37. The summed E-state index contributed by atoms with van der Waals surface area (Å²) >= 11 is 1.96. The van der Waals surface area contributed by atoms with Gasteiger partial charge in [-0.25, -0.2) is 0 Å². The second-order valence-corrected chi connectivity index (χ2v) is 5.63. The van der Waals surface area contributed by atoms with Gasteiger partial charge in [0.15, 0.2) is 0 Å². The summed E-state index contributed by atoms with van der Waals surface area (Å²) in [6.07, 6.45) is 8.27. The quantitative estimate of drug-likeness (QED) is 0.513. The molecule has 0 fully saturated rings. The van der Waals surface area contributed by atoms with Gasteiger partial charge in [0.25, 0.3) is 0 Å². The molecule has 2 heteroatoms. The number of hydrogen-bond acceptors (Lipinski definition) is 2. The van der Waals surface area contributed by atoms with E-state index in [9.17, 15) is 0 Å². The van der Waals surface area contributed by atoms with Gasteiger partial charge in [0, 0.05) is 11.4 Å². The zero-order valence-corrected chi connectivity index (χ0v) is 11.8. The molecule has 1 aromatic rings. The number of rotatable bonds is 9. The van der Waals surface area contributed by atoms with Gasteiger partial charge in [-0.05, 0) is 29.9 Å². The standard InChI is InChI=1S/C15H25NS/c1-2-3-4-5-6-7-12-17-15-10-8-14(13-16)9-11-15/h8-11H,2-7,12-13,16H2,1H3. The zero-order valence-electron chi connectivity index (χ0n) is 11.0. The lowest BCUT2D eigenvalue weighted by Crippen LogP contribution is -1.95. The first-order valence-corrected chi connectivity index (χ1v) is 7.77. The molecular formula is C15H25NS. The Kier molecular flexibility index (Phi) is 8.20. The molecule has 0 atom stereocenters. The molecule has 0 spiro atoms. The van der Waals surface area contributed by atoms with Crippen LogP contribution in [0.3, 0.4) is 0 Å². The van der Waals surface area contributed by atoms with Crippen molar-refractivity contribution in [3.05, 3.63) is 29.8 Å². The van der Waals surface area contributed by atoms with E-state index in [-0.39, 0.29) is 0 Å². The lowest BCUT2D eigenvalue weighted by Gasteiger charge is -2.03. The summed E-state index contributed by atoms with van der Waals surface area (Å²) in [7, 11) is 0. The van der Waals surface area contributed by atoms with Crippen LogP contribution in [0.1, 0.15) is 51.0 Å². The van der Waals surface area contributed by atoms with E-state index in [1.54, 1.807) is 0 Å². The van der Waals surface area contributed by atoms with Crippen LogP contribution < -0.4 is 5.73 Å². The van der Waals surface area contributed by atoms with Gasteiger partial charge in [-0.1, -0.05) is 51.2 Å². The fourth-order valence-corrected chi connectivity index (χ4v) is 2.71. The maximum atomic E-state index is 5.57. The highest BCUT2D eigenvalue weighted by Crippen LogP contribution is 2.20. The smallest absolute Gasteiger partial charge is 0.0178 e. The Hall–Kier alpha value is -0.470. The van der Waals surface area contributed by atoms with Crippen molar-refractivity contribution in [1.29, 1.82) is 0 Å². The summed E-state index contributed by atoms with van der Waals surface area (Å²) in [5.41, 5.74) is 6.79. The molecule has 0 saturated carbocycles. The third kappa shape index (κ3) is 6.75. The van der Waals surface area contributed by atoms with E-state index in [0.717, 1.165) is 0 Å². The van der Waals surface area contributed by atoms with Crippen molar-refractivity contribution in [2.24, 2.45) is 5.73 Å². The van der Waals surface area contributed by atoms with Crippen LogP contribution in [0.25, 0.3) is 0 Å². The summed E-state index contributed by atoms with van der Waals surface area (Å²) in [5.74, 6) is 1.24. The molecule has 0 heterocycles. The van der Waals surface area contributed by atoms with Crippen LogP contribution >= 0.6 is 11.8 Å². The van der Waals surface area contributed by atoms with Crippen molar-refractivity contribution in [3.63, 3.8) is 0 Å². The summed E-state index contributed by atoms with van der Waals surface area (Å²) in [5, 5.41) is 0. The number of thioether (sulfide) groups is 1. The minimum Gasteiger partial charge on any atom is -0.326 e. The van der Waals surface area contributed by atoms with Crippen LogP contribution in [0.2, 0.25) is 0 Å². The van der Waals surface area contributed by atoms with E-state index in [1.807, 2.05) is 11.8 Å². The predicted octanol–water partition coefficient (Wildman–Crippen LogP) is 4.60. The van der Waals surface area contributed by atoms with Crippen molar-refractivity contribution in [2.75, 3.05) is 5.75 Å². The van der Waals surface area contributed by atoms with E-state index >= 15 is 0 Å². The third-order valence-corrected chi connectivity index (χ3v) is 4.02. The van der Waals surface area contributed by atoms with Gasteiger partial charge in [0.1, 0.15) is 0 Å². The first kappa shape index (κ1) is 14.6. The molecule has 0 radical (unpaired) electrons. The topological polar surface area (TPSA) is 26.0 Å². The summed E-state index contributed by atoms with van der Waals surface area (Å²) < 4.78 is 0. The fourth-order valence-electron chi connectivity index (χ4n) is 1.79. The highest BCUT2D eigenvalue weighted by molar-refractivity contribution is 7.99. The Morgan fingerprint density at radius 3 is 2.24 bits per heavy atom. The molecule has 0 bridgehead atoms. The van der Waals surface area contributed by atoms with E-state index < -0.39 is 0 Å². The minimum atomic E-state index is 0.641. The van der Waals surface area contributed by atoms with Crippen molar-refractivity contribution in [2.45, 2.75) is 56.9 Å².